The Morgan fingerprint density at radius 1 is 1.29 bits per heavy atom. The van der Waals surface area contributed by atoms with E-state index in [-0.39, 0.29) is 0 Å². The highest BCUT2D eigenvalue weighted by Gasteiger charge is 2.10. The quantitative estimate of drug-likeness (QED) is 0.558. The Morgan fingerprint density at radius 2 is 2.12 bits per heavy atom. The summed E-state index contributed by atoms with van der Waals surface area (Å²) in [4.78, 5) is 13.1. The molecule has 0 amide bonds. The van der Waals surface area contributed by atoms with Gasteiger partial charge in [-0.1, -0.05) is 12.1 Å². The minimum absolute atomic E-state index is 0.669. The molecule has 0 aliphatic carbocycles. The first kappa shape index (κ1) is 12.1. The Morgan fingerprint density at radius 3 is 2.88 bits per heavy atom. The van der Waals surface area contributed by atoms with Crippen molar-refractivity contribution < 1.29 is 9.53 Å². The van der Waals surface area contributed by atoms with Gasteiger partial charge in [-0.25, -0.2) is 0 Å². The van der Waals surface area contributed by atoms with E-state index < -0.39 is 0 Å². The van der Waals surface area contributed by atoms with Crippen molar-refractivity contribution in [3.63, 3.8) is 0 Å². The zero-order valence-corrected chi connectivity index (χ0v) is 10.1. The Balaban J connectivity index is 1.68. The maximum Gasteiger partial charge on any atom is 0.150 e. The molecule has 0 bridgehead atoms. The molecule has 0 unspecified atom stereocenters. The van der Waals surface area contributed by atoms with Gasteiger partial charge >= 0.3 is 0 Å². The minimum Gasteiger partial charge on any atom is -0.494 e. The topological polar surface area (TPSA) is 29.5 Å². The molecule has 1 heterocycles. The van der Waals surface area contributed by atoms with Crippen molar-refractivity contribution in [2.24, 2.45) is 0 Å². The molecule has 2 rings (SSSR count). The Hall–Kier alpha value is -1.35. The molecule has 1 aromatic rings. The lowest BCUT2D eigenvalue weighted by molar-refractivity contribution is 0.112. The third-order valence-corrected chi connectivity index (χ3v) is 3.08. The molecule has 17 heavy (non-hydrogen) atoms. The van der Waals surface area contributed by atoms with E-state index in [2.05, 4.69) is 4.90 Å². The highest BCUT2D eigenvalue weighted by Crippen LogP contribution is 2.12. The third-order valence-electron chi connectivity index (χ3n) is 3.08. The third kappa shape index (κ3) is 3.86. The van der Waals surface area contributed by atoms with Gasteiger partial charge in [0.15, 0.2) is 0 Å². The Bertz CT molecular complexity index is 359. The van der Waals surface area contributed by atoms with Crippen molar-refractivity contribution >= 4 is 6.29 Å². The van der Waals surface area contributed by atoms with Gasteiger partial charge in [0.2, 0.25) is 0 Å². The molecule has 0 radical (unpaired) electrons. The van der Waals surface area contributed by atoms with Crippen LogP contribution < -0.4 is 4.74 Å². The first-order valence-electron chi connectivity index (χ1n) is 6.29. The van der Waals surface area contributed by atoms with Gasteiger partial charge in [-0.3, -0.25) is 4.79 Å². The van der Waals surface area contributed by atoms with E-state index in [4.69, 9.17) is 4.74 Å². The van der Waals surface area contributed by atoms with E-state index in [1.165, 1.54) is 25.9 Å². The van der Waals surface area contributed by atoms with Crippen LogP contribution in [0.5, 0.6) is 5.75 Å². The molecule has 1 aliphatic heterocycles. The standard InChI is InChI=1S/C14H19NO2/c16-12-13-5-3-6-14(11-13)17-10-4-9-15-7-1-2-8-15/h3,5-6,11-12H,1-2,4,7-10H2. The van der Waals surface area contributed by atoms with Crippen molar-refractivity contribution in [1.82, 2.24) is 4.90 Å². The molecular formula is C14H19NO2. The fourth-order valence-electron chi connectivity index (χ4n) is 2.16. The van der Waals surface area contributed by atoms with Crippen LogP contribution in [0.25, 0.3) is 0 Å². The molecule has 0 atom stereocenters. The van der Waals surface area contributed by atoms with Crippen molar-refractivity contribution in [1.29, 1.82) is 0 Å². The highest BCUT2D eigenvalue weighted by molar-refractivity contribution is 5.75. The van der Waals surface area contributed by atoms with Crippen LogP contribution >= 0.6 is 0 Å². The Labute approximate surface area is 102 Å². The molecule has 1 saturated heterocycles. The predicted octanol–water partition coefficient (Wildman–Crippen LogP) is 2.36. The van der Waals surface area contributed by atoms with Gasteiger partial charge in [0.1, 0.15) is 12.0 Å². The van der Waals surface area contributed by atoms with Crippen LogP contribution in [0.15, 0.2) is 24.3 Å². The first-order valence-corrected chi connectivity index (χ1v) is 6.29. The highest BCUT2D eigenvalue weighted by atomic mass is 16.5. The number of carbonyl (C=O) groups excluding carboxylic acids is 1. The molecule has 92 valence electrons. The second-order valence-corrected chi connectivity index (χ2v) is 4.44. The van der Waals surface area contributed by atoms with Gasteiger partial charge in [-0.05, 0) is 44.5 Å². The monoisotopic (exact) mass is 233 g/mol. The summed E-state index contributed by atoms with van der Waals surface area (Å²) in [6.07, 6.45) is 4.56. The molecule has 1 aliphatic rings. The summed E-state index contributed by atoms with van der Waals surface area (Å²) in [5, 5.41) is 0. The molecule has 1 aromatic carbocycles. The molecule has 0 saturated carbocycles. The summed E-state index contributed by atoms with van der Waals surface area (Å²) >= 11 is 0. The molecule has 3 heteroatoms. The second kappa shape index (κ2) is 6.40. The lowest BCUT2D eigenvalue weighted by atomic mass is 10.2. The summed E-state index contributed by atoms with van der Waals surface area (Å²) in [6, 6.07) is 7.30. The number of ether oxygens (including phenoxy) is 1. The van der Waals surface area contributed by atoms with Gasteiger partial charge < -0.3 is 9.64 Å². The van der Waals surface area contributed by atoms with Crippen LogP contribution in [0.2, 0.25) is 0 Å². The molecule has 0 spiro atoms. The van der Waals surface area contributed by atoms with E-state index in [0.29, 0.717) is 5.56 Å². The minimum atomic E-state index is 0.669. The normalized spacial score (nSPS) is 16.0. The van der Waals surface area contributed by atoms with Crippen LogP contribution in [0, 0.1) is 0 Å². The van der Waals surface area contributed by atoms with Gasteiger partial charge in [0.05, 0.1) is 6.61 Å². The Kier molecular flexibility index (Phi) is 4.56. The average Bonchev–Trinajstić information content (AvgIpc) is 2.88. The molecule has 0 N–H and O–H groups in total. The number of rotatable bonds is 6. The SMILES string of the molecule is O=Cc1cccc(OCCCN2CCCC2)c1. The van der Waals surface area contributed by atoms with Crippen LogP contribution in [0.3, 0.4) is 0 Å². The molecule has 0 aromatic heterocycles. The van der Waals surface area contributed by atoms with Crippen molar-refractivity contribution in [2.45, 2.75) is 19.3 Å². The largest absolute Gasteiger partial charge is 0.494 e. The zero-order valence-electron chi connectivity index (χ0n) is 10.1. The fourth-order valence-corrected chi connectivity index (χ4v) is 2.16. The van der Waals surface area contributed by atoms with Crippen molar-refractivity contribution in [2.75, 3.05) is 26.2 Å². The van der Waals surface area contributed by atoms with Gasteiger partial charge in [-0.2, -0.15) is 0 Å². The lowest BCUT2D eigenvalue weighted by Crippen LogP contribution is -2.21. The van der Waals surface area contributed by atoms with E-state index in [1.54, 1.807) is 12.1 Å². The number of benzene rings is 1. The summed E-state index contributed by atoms with van der Waals surface area (Å²) in [5.41, 5.74) is 0.669. The zero-order chi connectivity index (χ0) is 11.9. The van der Waals surface area contributed by atoms with Crippen LogP contribution in [0.4, 0.5) is 0 Å². The van der Waals surface area contributed by atoms with Gasteiger partial charge in [0.25, 0.3) is 0 Å². The number of hydrogen-bond donors (Lipinski definition) is 0. The number of aldehydes is 1. The molecule has 1 fully saturated rings. The maximum absolute atomic E-state index is 10.6. The maximum atomic E-state index is 10.6. The lowest BCUT2D eigenvalue weighted by Gasteiger charge is -2.14. The average molecular weight is 233 g/mol. The van der Waals surface area contributed by atoms with E-state index in [1.807, 2.05) is 12.1 Å². The van der Waals surface area contributed by atoms with Crippen molar-refractivity contribution in [3.8, 4) is 5.75 Å². The number of hydrogen-bond acceptors (Lipinski definition) is 3. The van der Waals surface area contributed by atoms with E-state index in [9.17, 15) is 4.79 Å². The van der Waals surface area contributed by atoms with Crippen molar-refractivity contribution in [3.05, 3.63) is 29.8 Å². The summed E-state index contributed by atoms with van der Waals surface area (Å²) < 4.78 is 5.62. The fraction of sp³-hybridized carbons (Fsp3) is 0.500. The smallest absolute Gasteiger partial charge is 0.150 e. The summed E-state index contributed by atoms with van der Waals surface area (Å²) in [6.45, 7) is 4.31. The first-order chi connectivity index (χ1) is 8.38. The van der Waals surface area contributed by atoms with Crippen LogP contribution in [0.1, 0.15) is 29.6 Å². The molecule has 3 nitrogen and oxygen atoms in total. The van der Waals surface area contributed by atoms with Gasteiger partial charge in [-0.15, -0.1) is 0 Å². The van der Waals surface area contributed by atoms with Gasteiger partial charge in [0, 0.05) is 12.1 Å². The van der Waals surface area contributed by atoms with Crippen LogP contribution in [-0.2, 0) is 0 Å². The number of nitrogens with zero attached hydrogens (tertiary/aromatic N) is 1. The number of carbonyl (C=O) groups is 1. The molecular weight excluding hydrogens is 214 g/mol. The number of likely N-dealkylation sites (tertiary alicyclic amines) is 1. The summed E-state index contributed by atoms with van der Waals surface area (Å²) in [5.74, 6) is 0.788. The van der Waals surface area contributed by atoms with Crippen LogP contribution in [-0.4, -0.2) is 37.4 Å². The van der Waals surface area contributed by atoms with E-state index >= 15 is 0 Å². The summed E-state index contributed by atoms with van der Waals surface area (Å²) in [7, 11) is 0. The predicted molar refractivity (Wildman–Crippen MR) is 67.6 cm³/mol. The van der Waals surface area contributed by atoms with E-state index in [0.717, 1.165) is 31.6 Å². The second-order valence-electron chi connectivity index (χ2n) is 4.44.